The number of hydrogen-bond donors (Lipinski definition) is 2. The lowest BCUT2D eigenvalue weighted by molar-refractivity contribution is 0.223. The number of aliphatic imine (C=N–C) groups is 1. The second-order valence-corrected chi connectivity index (χ2v) is 5.87. The van der Waals surface area contributed by atoms with Crippen molar-refractivity contribution in [1.29, 1.82) is 0 Å². The van der Waals surface area contributed by atoms with Gasteiger partial charge in [-0.3, -0.25) is 4.99 Å². The van der Waals surface area contributed by atoms with E-state index in [4.69, 9.17) is 14.2 Å². The zero-order valence-electron chi connectivity index (χ0n) is 16.5. The molecule has 0 bridgehead atoms. The van der Waals surface area contributed by atoms with Gasteiger partial charge in [-0.15, -0.1) is 24.0 Å². The molecule has 0 spiro atoms. The van der Waals surface area contributed by atoms with Crippen LogP contribution in [0.3, 0.4) is 0 Å². The van der Waals surface area contributed by atoms with Crippen LogP contribution in [0.25, 0.3) is 0 Å². The average Bonchev–Trinajstić information content (AvgIpc) is 2.69. The molecule has 2 rings (SSSR count). The van der Waals surface area contributed by atoms with E-state index in [0.717, 1.165) is 17.1 Å². The van der Waals surface area contributed by atoms with Gasteiger partial charge in [0.1, 0.15) is 29.2 Å². The van der Waals surface area contributed by atoms with Crippen LogP contribution in [0.15, 0.2) is 47.5 Å². The van der Waals surface area contributed by atoms with Gasteiger partial charge in [0.15, 0.2) is 5.96 Å². The molecule has 1 atom stereocenters. The lowest BCUT2D eigenvalue weighted by Crippen LogP contribution is -2.41. The monoisotopic (exact) mass is 503 g/mol. The van der Waals surface area contributed by atoms with Crippen molar-refractivity contribution in [1.82, 2.24) is 10.6 Å². The first-order valence-corrected chi connectivity index (χ1v) is 8.63. The number of hydrogen-bond acceptors (Lipinski definition) is 4. The highest BCUT2D eigenvalue weighted by atomic mass is 127. The number of rotatable bonds is 8. The van der Waals surface area contributed by atoms with Gasteiger partial charge in [0.05, 0.1) is 20.8 Å². The second-order valence-electron chi connectivity index (χ2n) is 5.87. The molecule has 0 amide bonds. The molecule has 2 aromatic carbocycles. The van der Waals surface area contributed by atoms with Gasteiger partial charge in [-0.2, -0.15) is 0 Å². The molecule has 0 aliphatic heterocycles. The Morgan fingerprint density at radius 1 is 1.04 bits per heavy atom. The first-order valence-electron chi connectivity index (χ1n) is 8.63. The van der Waals surface area contributed by atoms with Crippen LogP contribution in [0.1, 0.15) is 12.5 Å². The summed E-state index contributed by atoms with van der Waals surface area (Å²) >= 11 is 0. The lowest BCUT2D eigenvalue weighted by Gasteiger charge is -2.18. The van der Waals surface area contributed by atoms with Crippen LogP contribution in [0, 0.1) is 5.82 Å². The van der Waals surface area contributed by atoms with E-state index < -0.39 is 0 Å². The molecule has 154 valence electrons. The molecular weight excluding hydrogens is 476 g/mol. The molecule has 8 heteroatoms. The largest absolute Gasteiger partial charge is 0.497 e. The summed E-state index contributed by atoms with van der Waals surface area (Å²) < 4.78 is 29.3. The predicted molar refractivity (Wildman–Crippen MR) is 120 cm³/mol. The summed E-state index contributed by atoms with van der Waals surface area (Å²) in [7, 11) is 4.94. The summed E-state index contributed by atoms with van der Waals surface area (Å²) in [6.07, 6.45) is -0.121. The Kier molecular flexibility index (Phi) is 10.4. The standard InChI is InChI=1S/C20H26FN3O3.HI/c1-14(27-17-9-6-16(21)7-10-17)12-23-20(22-2)24-13-15-5-8-18(25-3)11-19(15)26-4;/h5-11,14H,12-13H2,1-4H3,(H2,22,23,24);1H. The van der Waals surface area contributed by atoms with Crippen molar-refractivity contribution in [2.24, 2.45) is 4.99 Å². The van der Waals surface area contributed by atoms with Crippen LogP contribution in [0.2, 0.25) is 0 Å². The van der Waals surface area contributed by atoms with Crippen LogP contribution in [-0.4, -0.2) is 39.9 Å². The minimum absolute atomic E-state index is 0. The second kappa shape index (κ2) is 12.3. The van der Waals surface area contributed by atoms with Gasteiger partial charge in [0, 0.05) is 25.2 Å². The van der Waals surface area contributed by atoms with Gasteiger partial charge in [-0.05, 0) is 43.3 Å². The molecule has 2 aromatic rings. The molecule has 28 heavy (non-hydrogen) atoms. The predicted octanol–water partition coefficient (Wildman–Crippen LogP) is 3.59. The van der Waals surface area contributed by atoms with Crippen LogP contribution >= 0.6 is 24.0 Å². The molecule has 0 radical (unpaired) electrons. The van der Waals surface area contributed by atoms with E-state index in [0.29, 0.717) is 24.8 Å². The molecule has 2 N–H and O–H groups in total. The molecule has 0 saturated carbocycles. The van der Waals surface area contributed by atoms with Gasteiger partial charge in [-0.25, -0.2) is 4.39 Å². The fourth-order valence-corrected chi connectivity index (χ4v) is 2.43. The minimum Gasteiger partial charge on any atom is -0.497 e. The number of nitrogens with zero attached hydrogens (tertiary/aromatic N) is 1. The van der Waals surface area contributed by atoms with E-state index >= 15 is 0 Å². The van der Waals surface area contributed by atoms with Crippen LogP contribution in [0.5, 0.6) is 17.2 Å². The molecule has 1 unspecified atom stereocenters. The quantitative estimate of drug-likeness (QED) is 0.328. The fourth-order valence-electron chi connectivity index (χ4n) is 2.43. The highest BCUT2D eigenvalue weighted by Crippen LogP contribution is 2.24. The molecule has 6 nitrogen and oxygen atoms in total. The smallest absolute Gasteiger partial charge is 0.191 e. The Labute approximate surface area is 182 Å². The van der Waals surface area contributed by atoms with Crippen molar-refractivity contribution >= 4 is 29.9 Å². The highest BCUT2D eigenvalue weighted by molar-refractivity contribution is 14.0. The normalized spacial score (nSPS) is 11.8. The minimum atomic E-state index is -0.285. The van der Waals surface area contributed by atoms with Gasteiger partial charge < -0.3 is 24.8 Å². The third-order valence-corrected chi connectivity index (χ3v) is 3.87. The molecule has 0 aliphatic carbocycles. The summed E-state index contributed by atoms with van der Waals surface area (Å²) in [5.74, 6) is 2.46. The lowest BCUT2D eigenvalue weighted by atomic mass is 10.2. The summed E-state index contributed by atoms with van der Waals surface area (Å²) in [5, 5.41) is 6.44. The van der Waals surface area contributed by atoms with Crippen LogP contribution in [-0.2, 0) is 6.54 Å². The maximum Gasteiger partial charge on any atom is 0.191 e. The van der Waals surface area contributed by atoms with Crippen LogP contribution < -0.4 is 24.8 Å². The first-order chi connectivity index (χ1) is 13.0. The van der Waals surface area contributed by atoms with Crippen molar-refractivity contribution in [3.05, 3.63) is 53.8 Å². The Bertz CT molecular complexity index is 757. The highest BCUT2D eigenvalue weighted by Gasteiger charge is 2.08. The maximum atomic E-state index is 12.9. The Morgan fingerprint density at radius 2 is 1.71 bits per heavy atom. The number of halogens is 2. The van der Waals surface area contributed by atoms with E-state index in [1.54, 1.807) is 33.4 Å². The fraction of sp³-hybridized carbons (Fsp3) is 0.350. The molecule has 0 aliphatic rings. The summed E-state index contributed by atoms with van der Waals surface area (Å²) in [4.78, 5) is 4.21. The summed E-state index contributed by atoms with van der Waals surface area (Å²) in [5.41, 5.74) is 0.983. The first kappa shape index (κ1) is 23.8. The third-order valence-electron chi connectivity index (χ3n) is 3.87. The molecule has 0 aromatic heterocycles. The van der Waals surface area contributed by atoms with E-state index in [-0.39, 0.29) is 35.9 Å². The molecular formula is C20H27FIN3O3. The number of ether oxygens (including phenoxy) is 3. The molecule has 0 saturated heterocycles. The molecule has 0 heterocycles. The van der Waals surface area contributed by atoms with Gasteiger partial charge in [0.25, 0.3) is 0 Å². The number of benzene rings is 2. The van der Waals surface area contributed by atoms with E-state index in [2.05, 4.69) is 15.6 Å². The molecule has 0 fully saturated rings. The SMILES string of the molecule is CN=C(NCc1ccc(OC)cc1OC)NCC(C)Oc1ccc(F)cc1.I. The Hall–Kier alpha value is -2.23. The Balaban J connectivity index is 0.00000392. The van der Waals surface area contributed by atoms with Crippen LogP contribution in [0.4, 0.5) is 4.39 Å². The zero-order chi connectivity index (χ0) is 19.6. The summed E-state index contributed by atoms with van der Waals surface area (Å²) in [6, 6.07) is 11.6. The Morgan fingerprint density at radius 3 is 2.32 bits per heavy atom. The zero-order valence-corrected chi connectivity index (χ0v) is 18.8. The van der Waals surface area contributed by atoms with Crippen molar-refractivity contribution < 1.29 is 18.6 Å². The maximum absolute atomic E-state index is 12.9. The van der Waals surface area contributed by atoms with Gasteiger partial charge in [0.2, 0.25) is 0 Å². The average molecular weight is 503 g/mol. The van der Waals surface area contributed by atoms with Crippen molar-refractivity contribution in [2.75, 3.05) is 27.8 Å². The van der Waals surface area contributed by atoms with E-state index in [9.17, 15) is 4.39 Å². The van der Waals surface area contributed by atoms with Crippen molar-refractivity contribution in [3.63, 3.8) is 0 Å². The van der Waals surface area contributed by atoms with Crippen molar-refractivity contribution in [3.8, 4) is 17.2 Å². The van der Waals surface area contributed by atoms with Gasteiger partial charge >= 0.3 is 0 Å². The topological polar surface area (TPSA) is 64.1 Å². The van der Waals surface area contributed by atoms with Gasteiger partial charge in [-0.1, -0.05) is 0 Å². The van der Waals surface area contributed by atoms with E-state index in [1.807, 2.05) is 25.1 Å². The van der Waals surface area contributed by atoms with Crippen molar-refractivity contribution in [2.45, 2.75) is 19.6 Å². The number of guanidine groups is 1. The summed E-state index contributed by atoms with van der Waals surface area (Å²) in [6.45, 7) is 3.01. The number of nitrogens with one attached hydrogen (secondary N) is 2. The third kappa shape index (κ3) is 7.41. The van der Waals surface area contributed by atoms with E-state index in [1.165, 1.54) is 12.1 Å². The number of methoxy groups -OCH3 is 2.